The van der Waals surface area contributed by atoms with Crippen LogP contribution in [0.2, 0.25) is 0 Å². The number of nitrogens with one attached hydrogen (secondary N) is 1. The van der Waals surface area contributed by atoms with Gasteiger partial charge in [0.1, 0.15) is 0 Å². The molecule has 27 heavy (non-hydrogen) atoms. The first-order valence-electron chi connectivity index (χ1n) is 8.43. The molecule has 5 nitrogen and oxygen atoms in total. The van der Waals surface area contributed by atoms with Crippen LogP contribution in [0.25, 0.3) is 0 Å². The fourth-order valence-corrected chi connectivity index (χ4v) is 3.75. The Morgan fingerprint density at radius 1 is 0.889 bits per heavy atom. The molecule has 0 unspecified atom stereocenters. The molecule has 3 rings (SSSR count). The van der Waals surface area contributed by atoms with Crippen LogP contribution in [0.5, 0.6) is 0 Å². The number of sulfonamides is 1. The molecule has 0 fully saturated rings. The Morgan fingerprint density at radius 3 is 2.19 bits per heavy atom. The predicted molar refractivity (Wildman–Crippen MR) is 106 cm³/mol. The van der Waals surface area contributed by atoms with Crippen molar-refractivity contribution in [1.29, 1.82) is 0 Å². The molecule has 0 radical (unpaired) electrons. The van der Waals surface area contributed by atoms with Crippen molar-refractivity contribution in [3.05, 3.63) is 96.1 Å². The van der Waals surface area contributed by atoms with E-state index in [2.05, 4.69) is 4.72 Å². The van der Waals surface area contributed by atoms with Gasteiger partial charge in [0.2, 0.25) is 0 Å². The van der Waals surface area contributed by atoms with E-state index < -0.39 is 10.0 Å². The van der Waals surface area contributed by atoms with Gasteiger partial charge < -0.3 is 4.90 Å². The molecule has 0 aromatic heterocycles. The molecule has 3 aromatic rings. The highest BCUT2D eigenvalue weighted by Gasteiger charge is 2.16. The molecular weight excluding hydrogens is 360 g/mol. The van der Waals surface area contributed by atoms with Gasteiger partial charge >= 0.3 is 0 Å². The Hall–Kier alpha value is -3.12. The summed E-state index contributed by atoms with van der Waals surface area (Å²) >= 11 is 0. The maximum absolute atomic E-state index is 12.7. The number of amides is 1. The van der Waals surface area contributed by atoms with E-state index in [1.165, 1.54) is 12.1 Å². The minimum absolute atomic E-state index is 0.169. The first-order chi connectivity index (χ1) is 13.0. The summed E-state index contributed by atoms with van der Waals surface area (Å²) in [5.41, 5.74) is 1.79. The Labute approximate surface area is 159 Å². The molecule has 3 aromatic carbocycles. The molecule has 0 saturated carbocycles. The first-order valence-corrected chi connectivity index (χ1v) is 9.91. The van der Waals surface area contributed by atoms with E-state index in [0.29, 0.717) is 17.8 Å². The third kappa shape index (κ3) is 4.74. The van der Waals surface area contributed by atoms with Crippen LogP contribution >= 0.6 is 0 Å². The molecule has 0 atom stereocenters. The van der Waals surface area contributed by atoms with Crippen LogP contribution in [-0.4, -0.2) is 26.3 Å². The lowest BCUT2D eigenvalue weighted by atomic mass is 10.1. The third-order valence-electron chi connectivity index (χ3n) is 4.02. The lowest BCUT2D eigenvalue weighted by Gasteiger charge is -2.18. The summed E-state index contributed by atoms with van der Waals surface area (Å²) < 4.78 is 27.4. The zero-order valence-corrected chi connectivity index (χ0v) is 15.7. The molecule has 0 heterocycles. The van der Waals surface area contributed by atoms with Crippen molar-refractivity contribution in [2.75, 3.05) is 11.8 Å². The van der Waals surface area contributed by atoms with E-state index in [1.54, 1.807) is 54.4 Å². The van der Waals surface area contributed by atoms with Crippen molar-refractivity contribution in [3.8, 4) is 0 Å². The van der Waals surface area contributed by atoms with E-state index in [1.807, 2.05) is 30.3 Å². The van der Waals surface area contributed by atoms with E-state index in [4.69, 9.17) is 0 Å². The second kappa shape index (κ2) is 8.05. The molecule has 0 bridgehead atoms. The minimum atomic E-state index is -3.70. The van der Waals surface area contributed by atoms with Crippen molar-refractivity contribution >= 4 is 21.6 Å². The Kier molecular flexibility index (Phi) is 5.57. The normalized spacial score (nSPS) is 11.0. The average Bonchev–Trinajstić information content (AvgIpc) is 2.69. The Morgan fingerprint density at radius 2 is 1.52 bits per heavy atom. The van der Waals surface area contributed by atoms with Crippen LogP contribution in [-0.2, 0) is 16.6 Å². The molecule has 0 aliphatic carbocycles. The summed E-state index contributed by atoms with van der Waals surface area (Å²) in [6.07, 6.45) is 0. The monoisotopic (exact) mass is 380 g/mol. The van der Waals surface area contributed by atoms with Crippen molar-refractivity contribution in [3.63, 3.8) is 0 Å². The van der Waals surface area contributed by atoms with Gasteiger partial charge in [-0.2, -0.15) is 0 Å². The topological polar surface area (TPSA) is 66.5 Å². The van der Waals surface area contributed by atoms with E-state index >= 15 is 0 Å². The van der Waals surface area contributed by atoms with Crippen LogP contribution in [0.15, 0.2) is 89.8 Å². The lowest BCUT2D eigenvalue weighted by molar-refractivity contribution is 0.0785. The summed E-state index contributed by atoms with van der Waals surface area (Å²) in [4.78, 5) is 14.5. The summed E-state index contributed by atoms with van der Waals surface area (Å²) in [5.74, 6) is -0.181. The number of nitrogens with zero attached hydrogens (tertiary/aromatic N) is 1. The van der Waals surface area contributed by atoms with Crippen molar-refractivity contribution in [2.45, 2.75) is 11.4 Å². The molecular formula is C21H20N2O3S. The van der Waals surface area contributed by atoms with Crippen LogP contribution in [0.1, 0.15) is 15.9 Å². The molecule has 0 saturated heterocycles. The SMILES string of the molecule is CN(Cc1ccccc1)C(=O)c1cccc(NS(=O)(=O)c2ccccc2)c1. The third-order valence-corrected chi connectivity index (χ3v) is 5.42. The van der Waals surface area contributed by atoms with Gasteiger partial charge in [0.15, 0.2) is 0 Å². The second-order valence-electron chi connectivity index (χ2n) is 6.15. The summed E-state index contributed by atoms with van der Waals surface area (Å²) in [5, 5.41) is 0. The van der Waals surface area contributed by atoms with Crippen LogP contribution < -0.4 is 4.72 Å². The fraction of sp³-hybridized carbons (Fsp3) is 0.0952. The highest BCUT2D eigenvalue weighted by Crippen LogP contribution is 2.18. The zero-order valence-electron chi connectivity index (χ0n) is 14.9. The minimum Gasteiger partial charge on any atom is -0.337 e. The lowest BCUT2D eigenvalue weighted by Crippen LogP contribution is -2.26. The number of hydrogen-bond acceptors (Lipinski definition) is 3. The van der Waals surface area contributed by atoms with E-state index in [0.717, 1.165) is 5.56 Å². The molecule has 0 aliphatic rings. The molecule has 138 valence electrons. The molecule has 0 spiro atoms. The van der Waals surface area contributed by atoms with Gasteiger partial charge in [0, 0.05) is 24.8 Å². The quantitative estimate of drug-likeness (QED) is 0.708. The summed E-state index contributed by atoms with van der Waals surface area (Å²) in [6, 6.07) is 24.3. The summed E-state index contributed by atoms with van der Waals surface area (Å²) in [7, 11) is -1.98. The molecule has 1 N–H and O–H groups in total. The van der Waals surface area contributed by atoms with E-state index in [9.17, 15) is 13.2 Å². The highest BCUT2D eigenvalue weighted by molar-refractivity contribution is 7.92. The van der Waals surface area contributed by atoms with Crippen molar-refractivity contribution in [2.24, 2.45) is 0 Å². The van der Waals surface area contributed by atoms with Gasteiger partial charge in [-0.1, -0.05) is 54.6 Å². The first kappa shape index (κ1) is 18.7. The maximum atomic E-state index is 12.7. The van der Waals surface area contributed by atoms with E-state index in [-0.39, 0.29) is 10.8 Å². The van der Waals surface area contributed by atoms with Crippen molar-refractivity contribution in [1.82, 2.24) is 4.90 Å². The number of benzene rings is 3. The predicted octanol–water partition coefficient (Wildman–Crippen LogP) is 3.76. The van der Waals surface area contributed by atoms with Gasteiger partial charge in [-0.05, 0) is 35.9 Å². The molecule has 1 amide bonds. The van der Waals surface area contributed by atoms with Crippen molar-refractivity contribution < 1.29 is 13.2 Å². The number of rotatable bonds is 6. The number of hydrogen-bond donors (Lipinski definition) is 1. The number of carbonyl (C=O) groups excluding carboxylic acids is 1. The van der Waals surface area contributed by atoms with Gasteiger partial charge in [0.05, 0.1) is 4.90 Å². The smallest absolute Gasteiger partial charge is 0.261 e. The van der Waals surface area contributed by atoms with Gasteiger partial charge in [0.25, 0.3) is 15.9 Å². The molecule has 6 heteroatoms. The number of carbonyl (C=O) groups is 1. The zero-order chi connectivity index (χ0) is 19.3. The number of anilines is 1. The van der Waals surface area contributed by atoms with Gasteiger partial charge in [-0.15, -0.1) is 0 Å². The largest absolute Gasteiger partial charge is 0.337 e. The van der Waals surface area contributed by atoms with Crippen LogP contribution in [0, 0.1) is 0 Å². The second-order valence-corrected chi connectivity index (χ2v) is 7.83. The highest BCUT2D eigenvalue weighted by atomic mass is 32.2. The van der Waals surface area contributed by atoms with Crippen LogP contribution in [0.3, 0.4) is 0 Å². The summed E-state index contributed by atoms with van der Waals surface area (Å²) in [6.45, 7) is 0.472. The van der Waals surface area contributed by atoms with Crippen LogP contribution in [0.4, 0.5) is 5.69 Å². The van der Waals surface area contributed by atoms with Gasteiger partial charge in [-0.25, -0.2) is 8.42 Å². The standard InChI is InChI=1S/C21H20N2O3S/c1-23(16-17-9-4-2-5-10-17)21(24)18-11-8-12-19(15-18)22-27(25,26)20-13-6-3-7-14-20/h2-15,22H,16H2,1H3. The average molecular weight is 380 g/mol. The van der Waals surface area contributed by atoms with Gasteiger partial charge in [-0.3, -0.25) is 9.52 Å². The molecule has 0 aliphatic heterocycles. The Bertz CT molecular complexity index is 1020. The Balaban J connectivity index is 1.76. The maximum Gasteiger partial charge on any atom is 0.261 e. The fourth-order valence-electron chi connectivity index (χ4n) is 2.68.